The smallest absolute Gasteiger partial charge is 0.119 e. The van der Waals surface area contributed by atoms with Crippen molar-refractivity contribution in [2.45, 2.75) is 19.1 Å². The average molecular weight is 211 g/mol. The van der Waals surface area contributed by atoms with Gasteiger partial charge in [0.05, 0.1) is 19.8 Å². The van der Waals surface area contributed by atoms with Crippen LogP contribution in [0.2, 0.25) is 0 Å². The van der Waals surface area contributed by atoms with Gasteiger partial charge in [0.1, 0.15) is 5.75 Å². The Bertz CT molecular complexity index is 274. The summed E-state index contributed by atoms with van der Waals surface area (Å²) in [5, 5.41) is 17.5. The molecule has 0 saturated heterocycles. The van der Waals surface area contributed by atoms with Crippen molar-refractivity contribution >= 4 is 0 Å². The minimum absolute atomic E-state index is 0.0210. The normalized spacial score (nSPS) is 12.5. The quantitative estimate of drug-likeness (QED) is 0.631. The number of benzene rings is 1. The number of rotatable bonds is 6. The summed E-state index contributed by atoms with van der Waals surface area (Å²) >= 11 is 0. The molecule has 1 rings (SSSR count). The number of hydrogen-bond donors (Lipinski definition) is 3. The fourth-order valence-electron chi connectivity index (χ4n) is 1.11. The van der Waals surface area contributed by atoms with Crippen molar-refractivity contribution in [1.82, 2.24) is 0 Å². The molecule has 0 aliphatic heterocycles. The van der Waals surface area contributed by atoms with Crippen LogP contribution in [-0.4, -0.2) is 29.5 Å². The van der Waals surface area contributed by atoms with Crippen LogP contribution in [0.1, 0.15) is 12.0 Å². The van der Waals surface area contributed by atoms with E-state index in [9.17, 15) is 0 Å². The third-order valence-corrected chi connectivity index (χ3v) is 2.10. The third-order valence-electron chi connectivity index (χ3n) is 2.10. The number of aliphatic hydroxyl groups excluding tert-OH is 2. The fourth-order valence-corrected chi connectivity index (χ4v) is 1.11. The lowest BCUT2D eigenvalue weighted by Crippen LogP contribution is -2.26. The van der Waals surface area contributed by atoms with Crippen LogP contribution in [0.5, 0.6) is 5.75 Å². The zero-order chi connectivity index (χ0) is 11.1. The van der Waals surface area contributed by atoms with Crippen LogP contribution < -0.4 is 10.5 Å². The largest absolute Gasteiger partial charge is 0.494 e. The molecule has 4 nitrogen and oxygen atoms in total. The highest BCUT2D eigenvalue weighted by molar-refractivity contribution is 5.26. The molecule has 0 aliphatic carbocycles. The highest BCUT2D eigenvalue weighted by Gasteiger charge is 2.00. The van der Waals surface area contributed by atoms with Gasteiger partial charge in [-0.2, -0.15) is 0 Å². The van der Waals surface area contributed by atoms with Crippen molar-refractivity contribution in [1.29, 1.82) is 0 Å². The van der Waals surface area contributed by atoms with Crippen molar-refractivity contribution in [3.63, 3.8) is 0 Å². The van der Waals surface area contributed by atoms with Crippen LogP contribution >= 0.6 is 0 Å². The van der Waals surface area contributed by atoms with Gasteiger partial charge in [0.2, 0.25) is 0 Å². The lowest BCUT2D eigenvalue weighted by molar-refractivity contribution is 0.230. The molecular weight excluding hydrogens is 194 g/mol. The van der Waals surface area contributed by atoms with E-state index in [1.807, 2.05) is 0 Å². The van der Waals surface area contributed by atoms with Gasteiger partial charge in [0, 0.05) is 6.04 Å². The molecule has 0 amide bonds. The number of ether oxygens (including phenoxy) is 1. The zero-order valence-electron chi connectivity index (χ0n) is 8.60. The molecular formula is C11H17NO3. The second-order valence-corrected chi connectivity index (χ2v) is 3.38. The maximum absolute atomic E-state index is 8.82. The van der Waals surface area contributed by atoms with Crippen molar-refractivity contribution in [2.24, 2.45) is 5.73 Å². The van der Waals surface area contributed by atoms with E-state index < -0.39 is 0 Å². The molecule has 0 spiro atoms. The van der Waals surface area contributed by atoms with Crippen molar-refractivity contribution in [2.75, 3.05) is 13.2 Å². The summed E-state index contributed by atoms with van der Waals surface area (Å²) in [7, 11) is 0. The van der Waals surface area contributed by atoms with Crippen molar-refractivity contribution in [3.8, 4) is 5.75 Å². The molecule has 1 aromatic rings. The van der Waals surface area contributed by atoms with Gasteiger partial charge >= 0.3 is 0 Å². The van der Waals surface area contributed by atoms with Crippen LogP contribution in [-0.2, 0) is 6.61 Å². The minimum atomic E-state index is -0.221. The van der Waals surface area contributed by atoms with E-state index >= 15 is 0 Å². The number of aliphatic hydroxyl groups is 2. The van der Waals surface area contributed by atoms with E-state index in [0.29, 0.717) is 13.0 Å². The molecule has 1 atom stereocenters. The molecule has 15 heavy (non-hydrogen) atoms. The van der Waals surface area contributed by atoms with Crippen molar-refractivity contribution in [3.05, 3.63) is 29.8 Å². The van der Waals surface area contributed by atoms with Gasteiger partial charge in [-0.25, -0.2) is 0 Å². The second-order valence-electron chi connectivity index (χ2n) is 3.38. The van der Waals surface area contributed by atoms with Gasteiger partial charge < -0.3 is 20.7 Å². The van der Waals surface area contributed by atoms with Gasteiger partial charge in [-0.1, -0.05) is 12.1 Å². The highest BCUT2D eigenvalue weighted by atomic mass is 16.5. The summed E-state index contributed by atoms with van der Waals surface area (Å²) in [6, 6.07) is 7.00. The lowest BCUT2D eigenvalue weighted by atomic mass is 10.2. The monoisotopic (exact) mass is 211 g/mol. The lowest BCUT2D eigenvalue weighted by Gasteiger charge is -2.09. The van der Waals surface area contributed by atoms with Gasteiger partial charge in [-0.3, -0.25) is 0 Å². The number of nitrogens with two attached hydrogens (primary N) is 1. The van der Waals surface area contributed by atoms with E-state index in [0.717, 1.165) is 11.3 Å². The molecule has 84 valence electrons. The summed E-state index contributed by atoms with van der Waals surface area (Å²) in [4.78, 5) is 0. The molecule has 0 aromatic heterocycles. The Kier molecular flexibility index (Phi) is 5.10. The van der Waals surface area contributed by atoms with Gasteiger partial charge in [-0.15, -0.1) is 0 Å². The van der Waals surface area contributed by atoms with E-state index in [1.165, 1.54) is 0 Å². The van der Waals surface area contributed by atoms with E-state index in [-0.39, 0.29) is 19.3 Å². The van der Waals surface area contributed by atoms with Crippen LogP contribution in [0.4, 0.5) is 0 Å². The first-order valence-electron chi connectivity index (χ1n) is 4.95. The first kappa shape index (κ1) is 12.0. The summed E-state index contributed by atoms with van der Waals surface area (Å²) in [5.41, 5.74) is 6.38. The van der Waals surface area contributed by atoms with Crippen LogP contribution in [0.15, 0.2) is 24.3 Å². The third kappa shape index (κ3) is 4.29. The van der Waals surface area contributed by atoms with E-state index in [4.69, 9.17) is 20.7 Å². The van der Waals surface area contributed by atoms with Crippen molar-refractivity contribution < 1.29 is 14.9 Å². The first-order chi connectivity index (χ1) is 7.26. The molecule has 0 saturated carbocycles. The maximum Gasteiger partial charge on any atom is 0.119 e. The van der Waals surface area contributed by atoms with E-state index in [1.54, 1.807) is 24.3 Å². The van der Waals surface area contributed by atoms with Crippen LogP contribution in [0, 0.1) is 0 Å². The first-order valence-corrected chi connectivity index (χ1v) is 4.95. The number of hydrogen-bond acceptors (Lipinski definition) is 4. The summed E-state index contributed by atoms with van der Waals surface area (Å²) in [6.45, 7) is 0.503. The summed E-state index contributed by atoms with van der Waals surface area (Å²) in [6.07, 6.45) is 0.623. The standard InChI is InChI=1S/C11H17NO3/c12-10(8-14)5-6-15-11-3-1-9(7-13)2-4-11/h1-4,10,13-14H,5-8,12H2. The Hall–Kier alpha value is -1.10. The Morgan fingerprint density at radius 2 is 1.87 bits per heavy atom. The predicted molar refractivity (Wildman–Crippen MR) is 57.5 cm³/mol. The molecule has 1 unspecified atom stereocenters. The van der Waals surface area contributed by atoms with E-state index in [2.05, 4.69) is 0 Å². The molecule has 4 heteroatoms. The Morgan fingerprint density at radius 3 is 2.40 bits per heavy atom. The topological polar surface area (TPSA) is 75.7 Å². The van der Waals surface area contributed by atoms with Gasteiger partial charge in [0.15, 0.2) is 0 Å². The minimum Gasteiger partial charge on any atom is -0.494 e. The Morgan fingerprint density at radius 1 is 1.20 bits per heavy atom. The Balaban J connectivity index is 2.31. The molecule has 0 radical (unpaired) electrons. The summed E-state index contributed by atoms with van der Waals surface area (Å²) < 4.78 is 5.41. The predicted octanol–water partition coefficient (Wildman–Crippen LogP) is 0.267. The molecule has 1 aromatic carbocycles. The van der Waals surface area contributed by atoms with Gasteiger partial charge in [0.25, 0.3) is 0 Å². The maximum atomic E-state index is 8.82. The highest BCUT2D eigenvalue weighted by Crippen LogP contribution is 2.12. The summed E-state index contributed by atoms with van der Waals surface area (Å²) in [5.74, 6) is 0.748. The van der Waals surface area contributed by atoms with Crippen LogP contribution in [0.25, 0.3) is 0 Å². The molecule has 0 fully saturated rings. The van der Waals surface area contributed by atoms with Crippen LogP contribution in [0.3, 0.4) is 0 Å². The Labute approximate surface area is 89.3 Å². The SMILES string of the molecule is NC(CO)CCOc1ccc(CO)cc1. The molecule has 0 heterocycles. The zero-order valence-corrected chi connectivity index (χ0v) is 8.60. The average Bonchev–Trinajstić information content (AvgIpc) is 2.29. The molecule has 4 N–H and O–H groups in total. The molecule has 0 bridgehead atoms. The fraction of sp³-hybridized carbons (Fsp3) is 0.455. The second kappa shape index (κ2) is 6.40. The van der Waals surface area contributed by atoms with Gasteiger partial charge in [-0.05, 0) is 24.1 Å². The molecule has 0 aliphatic rings.